The first-order chi connectivity index (χ1) is 25.8. The van der Waals surface area contributed by atoms with Crippen molar-refractivity contribution < 1.29 is 49.0 Å². The maximum Gasteiger partial charge on any atom is 0.306 e. The first-order valence-corrected chi connectivity index (χ1v) is 21.4. The number of ether oxygens (including phenoxy) is 4. The summed E-state index contributed by atoms with van der Waals surface area (Å²) in [4.78, 5) is 25.2. The number of aliphatic hydroxyl groups is 4. The number of hydrogen-bond acceptors (Lipinski definition) is 10. The van der Waals surface area contributed by atoms with Gasteiger partial charge >= 0.3 is 11.9 Å². The van der Waals surface area contributed by atoms with Crippen LogP contribution in [0.25, 0.3) is 0 Å². The van der Waals surface area contributed by atoms with E-state index >= 15 is 0 Å². The Kier molecular flexibility index (Phi) is 32.2. The van der Waals surface area contributed by atoms with Gasteiger partial charge in [0.2, 0.25) is 0 Å². The number of aliphatic hydroxyl groups excluding tert-OH is 4. The van der Waals surface area contributed by atoms with E-state index in [2.05, 4.69) is 38.2 Å². The lowest BCUT2D eigenvalue weighted by Crippen LogP contribution is -2.59. The molecule has 0 aromatic heterocycles. The maximum absolute atomic E-state index is 12.7. The molecule has 0 aliphatic carbocycles. The number of carbonyl (C=O) groups is 2. The van der Waals surface area contributed by atoms with E-state index in [1.807, 2.05) is 0 Å². The smallest absolute Gasteiger partial charge is 0.306 e. The van der Waals surface area contributed by atoms with Crippen molar-refractivity contribution in [3.8, 4) is 0 Å². The van der Waals surface area contributed by atoms with Gasteiger partial charge in [-0.2, -0.15) is 0 Å². The molecule has 1 saturated heterocycles. The van der Waals surface area contributed by atoms with Gasteiger partial charge < -0.3 is 39.4 Å². The van der Waals surface area contributed by atoms with Gasteiger partial charge in [0.05, 0.1) is 13.2 Å². The average molecular weight is 755 g/mol. The minimum atomic E-state index is -1.60. The summed E-state index contributed by atoms with van der Waals surface area (Å²) in [5.41, 5.74) is 0. The van der Waals surface area contributed by atoms with Crippen LogP contribution in [0.2, 0.25) is 0 Å². The second kappa shape index (κ2) is 34.7. The van der Waals surface area contributed by atoms with Gasteiger partial charge in [-0.25, -0.2) is 0 Å². The zero-order valence-corrected chi connectivity index (χ0v) is 33.5. The summed E-state index contributed by atoms with van der Waals surface area (Å²) < 4.78 is 22.1. The van der Waals surface area contributed by atoms with E-state index in [4.69, 9.17) is 18.9 Å². The molecule has 1 heterocycles. The van der Waals surface area contributed by atoms with Crippen LogP contribution in [0.5, 0.6) is 0 Å². The van der Waals surface area contributed by atoms with Gasteiger partial charge in [0.1, 0.15) is 31.0 Å². The summed E-state index contributed by atoms with van der Waals surface area (Å²) in [6, 6.07) is 0. The molecule has 0 aromatic carbocycles. The summed E-state index contributed by atoms with van der Waals surface area (Å²) in [7, 11) is 0. The standard InChI is InChI=1S/C43H78O10/c1-3-5-7-9-11-13-15-17-18-20-21-23-25-27-29-31-38(45)50-34-36(35-51-43-42(49)41(48)40(47)37(33-44)53-43)52-39(46)32-30-28-26-24-22-19-16-14-12-10-8-6-4-2/h14,16,20-21,36-37,40-44,47-49H,3-13,15,17-19,22-35H2,1-2H3/b16-14+,21-20+/t36-,37-,40+,41?,42?,43-/m0/s1. The van der Waals surface area contributed by atoms with Crippen molar-refractivity contribution in [2.45, 2.75) is 218 Å². The molecule has 2 unspecified atom stereocenters. The number of esters is 2. The van der Waals surface area contributed by atoms with Gasteiger partial charge in [-0.1, -0.05) is 128 Å². The second-order valence-electron chi connectivity index (χ2n) is 14.8. The fourth-order valence-corrected chi connectivity index (χ4v) is 6.35. The van der Waals surface area contributed by atoms with Crippen molar-refractivity contribution >= 4 is 11.9 Å². The molecule has 4 N–H and O–H groups in total. The largest absolute Gasteiger partial charge is 0.462 e. The van der Waals surface area contributed by atoms with Crippen molar-refractivity contribution in [2.75, 3.05) is 19.8 Å². The summed E-state index contributed by atoms with van der Waals surface area (Å²) in [6.45, 7) is 3.38. The number of unbranched alkanes of at least 4 members (excludes halogenated alkanes) is 20. The summed E-state index contributed by atoms with van der Waals surface area (Å²) in [6.07, 6.45) is 29.0. The minimum Gasteiger partial charge on any atom is -0.462 e. The molecule has 0 bridgehead atoms. The normalized spacial score (nSPS) is 21.1. The third-order valence-electron chi connectivity index (χ3n) is 9.81. The van der Waals surface area contributed by atoms with Crippen LogP contribution in [0.1, 0.15) is 181 Å². The number of allylic oxidation sites excluding steroid dienone is 4. The van der Waals surface area contributed by atoms with Crippen LogP contribution in [-0.4, -0.2) is 89.0 Å². The van der Waals surface area contributed by atoms with E-state index in [0.717, 1.165) is 64.2 Å². The van der Waals surface area contributed by atoms with Crippen molar-refractivity contribution in [3.63, 3.8) is 0 Å². The molecule has 1 fully saturated rings. The van der Waals surface area contributed by atoms with Crippen LogP contribution in [0.3, 0.4) is 0 Å². The quantitative estimate of drug-likeness (QED) is 0.0281. The second-order valence-corrected chi connectivity index (χ2v) is 14.8. The van der Waals surface area contributed by atoms with E-state index in [9.17, 15) is 30.0 Å². The molecular weight excluding hydrogens is 676 g/mol. The lowest BCUT2D eigenvalue weighted by atomic mass is 9.99. The van der Waals surface area contributed by atoms with Crippen molar-refractivity contribution in [3.05, 3.63) is 24.3 Å². The first kappa shape index (κ1) is 49.2. The van der Waals surface area contributed by atoms with Gasteiger partial charge in [0.25, 0.3) is 0 Å². The maximum atomic E-state index is 12.7. The zero-order valence-electron chi connectivity index (χ0n) is 33.5. The predicted octanol–water partition coefficient (Wildman–Crippen LogP) is 8.55. The van der Waals surface area contributed by atoms with Gasteiger partial charge in [0, 0.05) is 12.8 Å². The van der Waals surface area contributed by atoms with Crippen molar-refractivity contribution in [1.29, 1.82) is 0 Å². The predicted molar refractivity (Wildman–Crippen MR) is 210 cm³/mol. The monoisotopic (exact) mass is 755 g/mol. The summed E-state index contributed by atoms with van der Waals surface area (Å²) >= 11 is 0. The van der Waals surface area contributed by atoms with Crippen LogP contribution in [-0.2, 0) is 28.5 Å². The van der Waals surface area contributed by atoms with Crippen LogP contribution in [0.4, 0.5) is 0 Å². The van der Waals surface area contributed by atoms with Crippen LogP contribution in [0, 0.1) is 0 Å². The SMILES string of the molecule is CCCCCC/C=C/CCCCCCCC(=O)O[C@@H](COC(=O)CCCCC/C=C/CCCCCCCCCC)CO[C@H]1O[C@@H](CO)[C@@H](O)C(O)C1O. The van der Waals surface area contributed by atoms with Crippen LogP contribution >= 0.6 is 0 Å². The topological polar surface area (TPSA) is 152 Å². The Morgan fingerprint density at radius 1 is 0.566 bits per heavy atom. The highest BCUT2D eigenvalue weighted by Crippen LogP contribution is 2.22. The minimum absolute atomic E-state index is 0.218. The van der Waals surface area contributed by atoms with Gasteiger partial charge in [-0.05, 0) is 64.2 Å². The lowest BCUT2D eigenvalue weighted by molar-refractivity contribution is -0.305. The van der Waals surface area contributed by atoms with E-state index < -0.39 is 55.4 Å². The molecule has 1 rings (SSSR count). The molecule has 0 saturated carbocycles. The Balaban J connectivity index is 2.37. The molecule has 0 aromatic rings. The molecule has 1 aliphatic rings. The molecule has 1 aliphatic heterocycles. The molecule has 10 nitrogen and oxygen atoms in total. The number of rotatable bonds is 35. The Hall–Kier alpha value is -1.82. The Bertz CT molecular complexity index is 923. The Labute approximate surface area is 322 Å². The molecule has 310 valence electrons. The van der Waals surface area contributed by atoms with E-state index in [1.165, 1.54) is 77.0 Å². The summed E-state index contributed by atoms with van der Waals surface area (Å²) in [5.74, 6) is -0.833. The highest BCUT2D eigenvalue weighted by atomic mass is 16.7. The van der Waals surface area contributed by atoms with Crippen molar-refractivity contribution in [2.24, 2.45) is 0 Å². The molecule has 6 atom stereocenters. The van der Waals surface area contributed by atoms with Gasteiger partial charge in [-0.15, -0.1) is 0 Å². The molecule has 0 amide bonds. The fourth-order valence-electron chi connectivity index (χ4n) is 6.35. The summed E-state index contributed by atoms with van der Waals surface area (Å²) in [5, 5.41) is 40.0. The van der Waals surface area contributed by atoms with Crippen LogP contribution < -0.4 is 0 Å². The number of carbonyl (C=O) groups excluding carboxylic acids is 2. The van der Waals surface area contributed by atoms with E-state index in [0.29, 0.717) is 12.8 Å². The van der Waals surface area contributed by atoms with E-state index in [-0.39, 0.29) is 26.1 Å². The lowest BCUT2D eigenvalue weighted by Gasteiger charge is -2.39. The Morgan fingerprint density at radius 2 is 1.00 bits per heavy atom. The average Bonchev–Trinajstić information content (AvgIpc) is 3.15. The third-order valence-corrected chi connectivity index (χ3v) is 9.81. The third kappa shape index (κ3) is 26.6. The van der Waals surface area contributed by atoms with Crippen molar-refractivity contribution in [1.82, 2.24) is 0 Å². The fraction of sp³-hybridized carbons (Fsp3) is 0.860. The molecular formula is C43H78O10. The molecule has 0 radical (unpaired) electrons. The molecule has 0 spiro atoms. The van der Waals surface area contributed by atoms with Gasteiger partial charge in [0.15, 0.2) is 12.4 Å². The highest BCUT2D eigenvalue weighted by Gasteiger charge is 2.44. The molecule has 53 heavy (non-hydrogen) atoms. The van der Waals surface area contributed by atoms with Crippen LogP contribution in [0.15, 0.2) is 24.3 Å². The first-order valence-electron chi connectivity index (χ1n) is 21.4. The van der Waals surface area contributed by atoms with Gasteiger partial charge in [-0.3, -0.25) is 9.59 Å². The molecule has 10 heteroatoms. The number of hydrogen-bond donors (Lipinski definition) is 4. The highest BCUT2D eigenvalue weighted by molar-refractivity contribution is 5.70. The van der Waals surface area contributed by atoms with E-state index in [1.54, 1.807) is 0 Å². The Morgan fingerprint density at radius 3 is 1.51 bits per heavy atom. The zero-order chi connectivity index (χ0) is 38.8.